The van der Waals surface area contributed by atoms with E-state index in [2.05, 4.69) is 10.3 Å². The molecule has 18 heavy (non-hydrogen) atoms. The molecule has 1 aromatic rings. The predicted molar refractivity (Wildman–Crippen MR) is 63.2 cm³/mol. The van der Waals surface area contributed by atoms with Crippen molar-refractivity contribution >= 4 is 11.5 Å². The van der Waals surface area contributed by atoms with Crippen LogP contribution in [0.3, 0.4) is 0 Å². The molecule has 0 aromatic carbocycles. The van der Waals surface area contributed by atoms with Gasteiger partial charge in [0, 0.05) is 11.8 Å². The summed E-state index contributed by atoms with van der Waals surface area (Å²) >= 11 is 0. The summed E-state index contributed by atoms with van der Waals surface area (Å²) in [5.74, 6) is 0.101. The fourth-order valence-corrected chi connectivity index (χ4v) is 1.32. The van der Waals surface area contributed by atoms with Gasteiger partial charge in [-0.2, -0.15) is 0 Å². The Balaban J connectivity index is 3.04. The van der Waals surface area contributed by atoms with Crippen molar-refractivity contribution in [2.75, 3.05) is 25.1 Å². The van der Waals surface area contributed by atoms with Crippen LogP contribution in [0.1, 0.15) is 5.56 Å². The summed E-state index contributed by atoms with van der Waals surface area (Å²) in [4.78, 5) is 14.1. The summed E-state index contributed by atoms with van der Waals surface area (Å²) in [6.45, 7) is -0.0671. The van der Waals surface area contributed by atoms with Crippen molar-refractivity contribution in [2.24, 2.45) is 0 Å². The third kappa shape index (κ3) is 2.92. The lowest BCUT2D eigenvalue weighted by Crippen LogP contribution is -2.49. The first-order chi connectivity index (χ1) is 8.48. The van der Waals surface area contributed by atoms with Crippen molar-refractivity contribution in [2.45, 2.75) is 12.5 Å². The van der Waals surface area contributed by atoms with Crippen molar-refractivity contribution in [1.82, 2.24) is 4.98 Å². The van der Waals surface area contributed by atoms with Crippen molar-refractivity contribution in [3.8, 4) is 0 Å². The van der Waals surface area contributed by atoms with Crippen LogP contribution in [0, 0.1) is 17.0 Å². The summed E-state index contributed by atoms with van der Waals surface area (Å²) in [6, 6.07) is 1.19. The molecule has 0 saturated carbocycles. The molecule has 100 valence electrons. The lowest BCUT2D eigenvalue weighted by molar-refractivity contribution is -0.385. The van der Waals surface area contributed by atoms with Gasteiger partial charge in [0.05, 0.1) is 30.8 Å². The minimum absolute atomic E-state index is 0.101. The van der Waals surface area contributed by atoms with Gasteiger partial charge in [-0.05, 0) is 6.92 Å². The van der Waals surface area contributed by atoms with Gasteiger partial charge in [-0.25, -0.2) is 4.98 Å². The maximum atomic E-state index is 10.8. The number of aliphatic hydroxyl groups is 3. The molecule has 0 saturated heterocycles. The standard InChI is InChI=1S/C10H15N3O5/c1-7-3-11-9(2-8(7)13(17)18)12-10(4-14,5-15)6-16/h2-3,14-16H,4-6H2,1H3,(H,11,12). The Hall–Kier alpha value is -1.77. The predicted octanol–water partition coefficient (Wildman–Crippen LogP) is -0.574. The maximum Gasteiger partial charge on any atom is 0.277 e. The minimum Gasteiger partial charge on any atom is -0.394 e. The highest BCUT2D eigenvalue weighted by Gasteiger charge is 2.28. The Morgan fingerprint density at radius 1 is 1.39 bits per heavy atom. The van der Waals surface area contributed by atoms with Crippen LogP contribution >= 0.6 is 0 Å². The van der Waals surface area contributed by atoms with Crippen LogP contribution in [-0.4, -0.2) is 50.6 Å². The molecule has 0 fully saturated rings. The van der Waals surface area contributed by atoms with Crippen molar-refractivity contribution in [1.29, 1.82) is 0 Å². The van der Waals surface area contributed by atoms with Crippen LogP contribution in [0.4, 0.5) is 11.5 Å². The molecule has 0 aliphatic rings. The van der Waals surface area contributed by atoms with E-state index >= 15 is 0 Å². The van der Waals surface area contributed by atoms with Gasteiger partial charge in [-0.15, -0.1) is 0 Å². The number of hydrogen-bond acceptors (Lipinski definition) is 7. The van der Waals surface area contributed by atoms with E-state index in [-0.39, 0.29) is 11.5 Å². The highest BCUT2D eigenvalue weighted by Crippen LogP contribution is 2.22. The second-order valence-electron chi connectivity index (χ2n) is 3.99. The van der Waals surface area contributed by atoms with E-state index in [9.17, 15) is 10.1 Å². The van der Waals surface area contributed by atoms with Crippen LogP contribution in [0.5, 0.6) is 0 Å². The Kier molecular flexibility index (Phi) is 4.54. The van der Waals surface area contributed by atoms with E-state index in [0.717, 1.165) is 0 Å². The fourth-order valence-electron chi connectivity index (χ4n) is 1.32. The second kappa shape index (κ2) is 5.71. The zero-order valence-electron chi connectivity index (χ0n) is 9.83. The molecule has 0 spiro atoms. The van der Waals surface area contributed by atoms with Gasteiger partial charge in [0.15, 0.2) is 0 Å². The third-order valence-electron chi connectivity index (χ3n) is 2.57. The van der Waals surface area contributed by atoms with Crippen LogP contribution in [0.25, 0.3) is 0 Å². The van der Waals surface area contributed by atoms with E-state index in [1.165, 1.54) is 12.3 Å². The molecule has 0 unspecified atom stereocenters. The smallest absolute Gasteiger partial charge is 0.277 e. The summed E-state index contributed by atoms with van der Waals surface area (Å²) in [5, 5.41) is 40.7. The van der Waals surface area contributed by atoms with Gasteiger partial charge in [0.25, 0.3) is 5.69 Å². The summed E-state index contributed by atoms with van der Waals surface area (Å²) in [7, 11) is 0. The number of aryl methyl sites for hydroxylation is 1. The molecule has 4 N–H and O–H groups in total. The molecular formula is C10H15N3O5. The molecule has 0 bridgehead atoms. The molecule has 0 amide bonds. The van der Waals surface area contributed by atoms with Gasteiger partial charge in [0.2, 0.25) is 0 Å². The van der Waals surface area contributed by atoms with Crippen LogP contribution in [-0.2, 0) is 0 Å². The number of nitrogens with one attached hydrogen (secondary N) is 1. The average Bonchev–Trinajstić information content (AvgIpc) is 2.38. The van der Waals surface area contributed by atoms with Gasteiger partial charge in [-0.3, -0.25) is 10.1 Å². The number of hydrogen-bond donors (Lipinski definition) is 4. The molecule has 0 radical (unpaired) electrons. The molecule has 1 heterocycles. The van der Waals surface area contributed by atoms with Crippen LogP contribution in [0.2, 0.25) is 0 Å². The monoisotopic (exact) mass is 257 g/mol. The molecule has 8 nitrogen and oxygen atoms in total. The van der Waals surface area contributed by atoms with Gasteiger partial charge in [-0.1, -0.05) is 0 Å². The quantitative estimate of drug-likeness (QED) is 0.396. The van der Waals surface area contributed by atoms with Gasteiger partial charge < -0.3 is 20.6 Å². The zero-order valence-corrected chi connectivity index (χ0v) is 9.83. The molecule has 0 atom stereocenters. The molecular weight excluding hydrogens is 242 g/mol. The Morgan fingerprint density at radius 3 is 2.39 bits per heavy atom. The molecule has 0 aliphatic heterocycles. The molecule has 1 aromatic heterocycles. The number of nitro groups is 1. The van der Waals surface area contributed by atoms with Gasteiger partial charge >= 0.3 is 0 Å². The van der Waals surface area contributed by atoms with Gasteiger partial charge in [0.1, 0.15) is 11.4 Å². The first kappa shape index (κ1) is 14.3. The lowest BCUT2D eigenvalue weighted by Gasteiger charge is -2.29. The van der Waals surface area contributed by atoms with E-state index in [1.807, 2.05) is 0 Å². The van der Waals surface area contributed by atoms with Crippen LogP contribution in [0.15, 0.2) is 12.3 Å². The molecule has 8 heteroatoms. The SMILES string of the molecule is Cc1cnc(NC(CO)(CO)CO)cc1[N+](=O)[O-]. The summed E-state index contributed by atoms with van der Waals surface area (Å²) in [6.07, 6.45) is 1.30. The van der Waals surface area contributed by atoms with E-state index < -0.39 is 30.3 Å². The Bertz CT molecular complexity index is 425. The van der Waals surface area contributed by atoms with E-state index in [1.54, 1.807) is 6.92 Å². The lowest BCUT2D eigenvalue weighted by atomic mass is 10.0. The molecule has 0 aliphatic carbocycles. The number of aromatic nitrogens is 1. The summed E-state index contributed by atoms with van der Waals surface area (Å²) < 4.78 is 0. The normalized spacial score (nSPS) is 11.3. The Morgan fingerprint density at radius 2 is 1.94 bits per heavy atom. The fraction of sp³-hybridized carbons (Fsp3) is 0.500. The van der Waals surface area contributed by atoms with E-state index in [0.29, 0.717) is 5.56 Å². The number of pyridine rings is 1. The number of rotatable bonds is 6. The number of aliphatic hydroxyl groups excluding tert-OH is 3. The summed E-state index contributed by atoms with van der Waals surface area (Å²) in [5.41, 5.74) is -1.10. The number of anilines is 1. The topological polar surface area (TPSA) is 129 Å². The highest BCUT2D eigenvalue weighted by atomic mass is 16.6. The van der Waals surface area contributed by atoms with Crippen molar-refractivity contribution in [3.05, 3.63) is 27.9 Å². The van der Waals surface area contributed by atoms with Crippen molar-refractivity contribution < 1.29 is 20.2 Å². The number of nitrogens with zero attached hydrogens (tertiary/aromatic N) is 2. The highest BCUT2D eigenvalue weighted by molar-refractivity contribution is 5.50. The average molecular weight is 257 g/mol. The van der Waals surface area contributed by atoms with E-state index in [4.69, 9.17) is 15.3 Å². The zero-order chi connectivity index (χ0) is 13.8. The van der Waals surface area contributed by atoms with Crippen LogP contribution < -0.4 is 5.32 Å². The second-order valence-corrected chi connectivity index (χ2v) is 3.99. The Labute approximate surface area is 103 Å². The minimum atomic E-state index is -1.36. The largest absolute Gasteiger partial charge is 0.394 e. The first-order valence-corrected chi connectivity index (χ1v) is 5.20. The first-order valence-electron chi connectivity index (χ1n) is 5.20. The van der Waals surface area contributed by atoms with Crippen molar-refractivity contribution in [3.63, 3.8) is 0 Å². The maximum absolute atomic E-state index is 10.8. The molecule has 1 rings (SSSR count). The third-order valence-corrected chi connectivity index (χ3v) is 2.57.